The summed E-state index contributed by atoms with van der Waals surface area (Å²) in [4.78, 5) is 207. The highest BCUT2D eigenvalue weighted by atomic mass is 16.8. The van der Waals surface area contributed by atoms with Gasteiger partial charge in [0.1, 0.15) is 88.0 Å². The van der Waals surface area contributed by atoms with Gasteiger partial charge in [0, 0.05) is 111 Å². The molecule has 0 saturated carbocycles. The number of carbonyl (C=O) groups is 16. The zero-order valence-corrected chi connectivity index (χ0v) is 59.2. The van der Waals surface area contributed by atoms with Crippen molar-refractivity contribution in [2.75, 3.05) is 33.0 Å². The van der Waals surface area contributed by atoms with Crippen LogP contribution in [0.15, 0.2) is 0 Å². The summed E-state index contributed by atoms with van der Waals surface area (Å²) in [6, 6.07) is 0. The summed E-state index contributed by atoms with van der Waals surface area (Å²) in [6.45, 7) is 9.94. The highest BCUT2D eigenvalue weighted by Gasteiger charge is 2.63. The lowest BCUT2D eigenvalue weighted by Gasteiger charge is -2.51. The first-order chi connectivity index (χ1) is 48.6. The minimum Gasteiger partial charge on any atom is -0.463 e. The SMILES string of the molecule is CC(=O)OCC1OC(O)C(OC(C)=O)C(OC(C)=O)C1OC1OC(COC(C)=O)C(OC2OC(COC(C)=O)C(OC3OC(COC(C)=O)C(OC4OC(COC(C)=O)C(OC(C)=O)C(OC(C)=O)C4OC(C)=O)C(OC(C)=O)C3OC(C)=O)C(OC(C)=O)C2OC(C)=O)C(OC(C)=O)C1OC(C)=O. The van der Waals surface area contributed by atoms with Crippen molar-refractivity contribution in [2.45, 2.75) is 264 Å². The molecule has 5 saturated heterocycles. The minimum atomic E-state index is -2.33. The number of hydrogen-bond donors (Lipinski definition) is 1. The van der Waals surface area contributed by atoms with Gasteiger partial charge in [0.15, 0.2) is 98.6 Å². The summed E-state index contributed by atoms with van der Waals surface area (Å²) in [5, 5.41) is 11.1. The van der Waals surface area contributed by atoms with Crippen LogP contribution in [0.1, 0.15) is 111 Å². The minimum absolute atomic E-state index is 0.787. The maximum atomic E-state index is 13.6. The van der Waals surface area contributed by atoms with E-state index in [0.29, 0.717) is 0 Å². The molecule has 0 aromatic carbocycles. The van der Waals surface area contributed by atoms with Gasteiger partial charge in [-0.15, -0.1) is 0 Å². The third-order valence-electron chi connectivity index (χ3n) is 14.7. The van der Waals surface area contributed by atoms with E-state index in [-0.39, 0.29) is 0 Å². The zero-order chi connectivity index (χ0) is 77.9. The molecule has 0 spiro atoms. The molecule has 0 aliphatic carbocycles. The molecule has 584 valence electrons. The van der Waals surface area contributed by atoms with Crippen molar-refractivity contribution in [1.82, 2.24) is 0 Å². The van der Waals surface area contributed by atoms with Crippen LogP contribution in [0, 0.1) is 0 Å². The molecule has 0 radical (unpaired) electrons. The van der Waals surface area contributed by atoms with E-state index in [9.17, 15) is 81.8 Å². The third kappa shape index (κ3) is 25.5. The monoisotopic (exact) mass is 1500 g/mol. The van der Waals surface area contributed by atoms with Crippen LogP contribution in [0.2, 0.25) is 0 Å². The Morgan fingerprint density at radius 1 is 0.202 bits per heavy atom. The van der Waals surface area contributed by atoms with E-state index in [1.165, 1.54) is 0 Å². The Labute approximate surface area is 591 Å². The van der Waals surface area contributed by atoms with E-state index in [2.05, 4.69) is 0 Å². The molecule has 5 rings (SSSR count). The fourth-order valence-electron chi connectivity index (χ4n) is 11.3. The normalized spacial score (nSPS) is 33.0. The van der Waals surface area contributed by atoms with Gasteiger partial charge in [-0.3, -0.25) is 76.7 Å². The molecular formula is C62H84O42. The Balaban J connectivity index is 1.73. The van der Waals surface area contributed by atoms with Gasteiger partial charge in [-0.1, -0.05) is 0 Å². The lowest BCUT2D eigenvalue weighted by atomic mass is 9.94. The van der Waals surface area contributed by atoms with Crippen LogP contribution < -0.4 is 0 Å². The van der Waals surface area contributed by atoms with E-state index >= 15 is 0 Å². The molecule has 1 N–H and O–H groups in total. The van der Waals surface area contributed by atoms with Crippen molar-refractivity contribution in [3.8, 4) is 0 Å². The number of ether oxygens (including phenoxy) is 25. The molecule has 25 unspecified atom stereocenters. The predicted molar refractivity (Wildman–Crippen MR) is 319 cm³/mol. The molecule has 104 heavy (non-hydrogen) atoms. The number of aliphatic hydroxyl groups excluding tert-OH is 1. The fourth-order valence-corrected chi connectivity index (χ4v) is 11.3. The molecule has 25 atom stereocenters. The number of aliphatic hydroxyl groups is 1. The zero-order valence-electron chi connectivity index (χ0n) is 59.2. The van der Waals surface area contributed by atoms with Crippen molar-refractivity contribution in [2.24, 2.45) is 0 Å². The van der Waals surface area contributed by atoms with Gasteiger partial charge in [-0.2, -0.15) is 0 Å². The third-order valence-corrected chi connectivity index (χ3v) is 14.7. The average Bonchev–Trinajstić information content (AvgIpc) is 0.763. The van der Waals surface area contributed by atoms with Crippen LogP contribution in [0.3, 0.4) is 0 Å². The van der Waals surface area contributed by atoms with Crippen molar-refractivity contribution in [3.63, 3.8) is 0 Å². The summed E-state index contributed by atoms with van der Waals surface area (Å²) >= 11 is 0. The number of carbonyl (C=O) groups excluding carboxylic acids is 16. The highest BCUT2D eigenvalue weighted by molar-refractivity contribution is 5.72. The summed E-state index contributed by atoms with van der Waals surface area (Å²) in [7, 11) is 0. The first-order valence-electron chi connectivity index (χ1n) is 31.8. The maximum Gasteiger partial charge on any atom is 0.303 e. The molecule has 5 fully saturated rings. The summed E-state index contributed by atoms with van der Waals surface area (Å²) < 4.78 is 146. The number of esters is 16. The van der Waals surface area contributed by atoms with Gasteiger partial charge in [0.2, 0.25) is 0 Å². The molecule has 0 bridgehead atoms. The van der Waals surface area contributed by atoms with Crippen molar-refractivity contribution in [1.29, 1.82) is 0 Å². The van der Waals surface area contributed by atoms with Crippen LogP contribution in [-0.2, 0) is 195 Å². The molecule has 42 heteroatoms. The summed E-state index contributed by atoms with van der Waals surface area (Å²) in [6.07, 6.45) is -51.3. The van der Waals surface area contributed by atoms with Crippen LogP contribution >= 0.6 is 0 Å². The Morgan fingerprint density at radius 3 is 0.558 bits per heavy atom. The van der Waals surface area contributed by atoms with Crippen LogP contribution in [0.4, 0.5) is 0 Å². The molecular weight excluding hydrogens is 1420 g/mol. The number of hydrogen-bond acceptors (Lipinski definition) is 42. The smallest absolute Gasteiger partial charge is 0.303 e. The highest BCUT2D eigenvalue weighted by Crippen LogP contribution is 2.41. The van der Waals surface area contributed by atoms with E-state index in [4.69, 9.17) is 118 Å². The maximum absolute atomic E-state index is 13.6. The first-order valence-corrected chi connectivity index (χ1v) is 31.8. The molecule has 42 nitrogen and oxygen atoms in total. The second-order valence-corrected chi connectivity index (χ2v) is 23.5. The largest absolute Gasteiger partial charge is 0.463 e. The molecule has 0 amide bonds. The standard InChI is InChI=1S/C62H84O42/c1-22(63)80-17-38-44(48(86-28(7)69)53(58(79)96-38)91-33(12)74)101-60-55(93-35(14)76)50(88-30(9)71)46(40(98-60)19-82-24(3)65)103-62-57(95-37(16)78)52(90-32(11)73)47(42(100-62)21-84-26(5)67)104-61-56(94-36(15)77)51(89-31(10)72)45(41(99-61)20-83-25(4)66)102-59-54(92-34(13)75)49(87-29(8)70)43(85-27(6)68)39(97-59)18-81-23(2)64/h38-62,79H,17-21H2,1-16H3. The Kier molecular flexibility index (Phi) is 32.4. The number of rotatable bonds is 29. The summed E-state index contributed by atoms with van der Waals surface area (Å²) in [5.41, 5.74) is 0. The van der Waals surface area contributed by atoms with Gasteiger partial charge in [0.05, 0.1) is 0 Å². The lowest BCUT2D eigenvalue weighted by molar-refractivity contribution is -0.393. The van der Waals surface area contributed by atoms with E-state index < -0.39 is 282 Å². The van der Waals surface area contributed by atoms with E-state index in [1.54, 1.807) is 0 Å². The van der Waals surface area contributed by atoms with E-state index in [0.717, 1.165) is 111 Å². The van der Waals surface area contributed by atoms with Gasteiger partial charge in [0.25, 0.3) is 0 Å². The molecule has 5 aliphatic rings. The second kappa shape index (κ2) is 39.3. The van der Waals surface area contributed by atoms with Crippen LogP contribution in [-0.4, -0.2) is 287 Å². The van der Waals surface area contributed by atoms with E-state index in [1.807, 2.05) is 0 Å². The molecule has 0 aromatic heterocycles. The molecule has 5 heterocycles. The predicted octanol–water partition coefficient (Wildman–Crippen LogP) is -2.79. The van der Waals surface area contributed by atoms with Crippen molar-refractivity contribution >= 4 is 95.5 Å². The quantitative estimate of drug-likeness (QED) is 0.0584. The molecule has 5 aliphatic heterocycles. The first kappa shape index (κ1) is 85.8. The van der Waals surface area contributed by atoms with Gasteiger partial charge >= 0.3 is 95.5 Å². The van der Waals surface area contributed by atoms with Crippen molar-refractivity contribution < 1.29 is 200 Å². The lowest BCUT2D eigenvalue weighted by Crippen LogP contribution is -2.70. The summed E-state index contributed by atoms with van der Waals surface area (Å²) in [5.74, 6) is -17.5. The topological polar surface area (TPSA) is 524 Å². The average molecular weight is 1500 g/mol. The van der Waals surface area contributed by atoms with Crippen LogP contribution in [0.5, 0.6) is 0 Å². The van der Waals surface area contributed by atoms with Gasteiger partial charge in [-0.05, 0) is 0 Å². The Hall–Kier alpha value is -8.88. The Bertz CT molecular complexity index is 3110. The fraction of sp³-hybridized carbons (Fsp3) is 0.742. The molecule has 0 aromatic rings. The Morgan fingerprint density at radius 2 is 0.356 bits per heavy atom. The van der Waals surface area contributed by atoms with Gasteiger partial charge < -0.3 is 124 Å². The van der Waals surface area contributed by atoms with Crippen molar-refractivity contribution in [3.05, 3.63) is 0 Å². The van der Waals surface area contributed by atoms with Crippen LogP contribution in [0.25, 0.3) is 0 Å². The van der Waals surface area contributed by atoms with Gasteiger partial charge in [-0.25, -0.2) is 0 Å². The second-order valence-electron chi connectivity index (χ2n) is 23.5.